The Bertz CT molecular complexity index is 439. The predicted molar refractivity (Wildman–Crippen MR) is 96.4 cm³/mol. The van der Waals surface area contributed by atoms with Gasteiger partial charge in [-0.25, -0.2) is 0 Å². The third-order valence-corrected chi connectivity index (χ3v) is 4.79. The Kier molecular flexibility index (Phi) is 7.07. The molecule has 0 aliphatic carbocycles. The number of rotatable bonds is 6. The lowest BCUT2D eigenvalue weighted by atomic mass is 9.92. The molecule has 0 saturated carbocycles. The van der Waals surface area contributed by atoms with Gasteiger partial charge in [0.1, 0.15) is 0 Å². The van der Waals surface area contributed by atoms with Crippen LogP contribution in [0.25, 0.3) is 0 Å². The zero-order chi connectivity index (χ0) is 16.7. The van der Waals surface area contributed by atoms with Gasteiger partial charge in [-0.15, -0.1) is 0 Å². The number of unbranched alkanes of at least 4 members (excludes halogenated alkanes) is 2. The second-order valence-corrected chi connectivity index (χ2v) is 7.08. The largest absolute Gasteiger partial charge is 0.349 e. The minimum Gasteiger partial charge on any atom is -0.349 e. The molecule has 0 N–H and O–H groups in total. The minimum absolute atomic E-state index is 0.297. The highest BCUT2D eigenvalue weighted by atomic mass is 16.7. The van der Waals surface area contributed by atoms with Crippen LogP contribution in [0.4, 0.5) is 0 Å². The number of ether oxygens (including phenoxy) is 2. The summed E-state index contributed by atoms with van der Waals surface area (Å²) in [7, 11) is 2.19. The van der Waals surface area contributed by atoms with Crippen molar-refractivity contribution in [2.24, 2.45) is 0 Å². The number of hydrogen-bond donors (Lipinski definition) is 0. The molecule has 0 unspecified atom stereocenters. The van der Waals surface area contributed by atoms with Crippen molar-refractivity contribution in [3.05, 3.63) is 36.5 Å². The second kappa shape index (κ2) is 8.81. The van der Waals surface area contributed by atoms with E-state index in [1.54, 1.807) is 0 Å². The number of likely N-dealkylation sites (tertiary alicyclic amines) is 1. The van der Waals surface area contributed by atoms with Gasteiger partial charge in [0.2, 0.25) is 0 Å². The number of fused-ring (bicyclic) bond motifs is 1. The maximum Gasteiger partial charge on any atom is 0.163 e. The van der Waals surface area contributed by atoms with Crippen molar-refractivity contribution < 1.29 is 9.47 Å². The van der Waals surface area contributed by atoms with Gasteiger partial charge in [-0.05, 0) is 40.2 Å². The minimum atomic E-state index is -0.433. The Balaban J connectivity index is 1.80. The van der Waals surface area contributed by atoms with Crippen LogP contribution in [0.1, 0.15) is 52.9 Å². The summed E-state index contributed by atoms with van der Waals surface area (Å²) in [6.07, 6.45) is 19.3. The van der Waals surface area contributed by atoms with E-state index in [0.29, 0.717) is 18.2 Å². The third-order valence-electron chi connectivity index (χ3n) is 4.79. The van der Waals surface area contributed by atoms with E-state index in [2.05, 4.69) is 55.3 Å². The van der Waals surface area contributed by atoms with Gasteiger partial charge in [0.15, 0.2) is 5.79 Å². The Morgan fingerprint density at radius 3 is 2.70 bits per heavy atom. The van der Waals surface area contributed by atoms with E-state index in [1.807, 2.05) is 13.8 Å². The lowest BCUT2D eigenvalue weighted by Gasteiger charge is -2.49. The summed E-state index contributed by atoms with van der Waals surface area (Å²) in [6.45, 7) is 7.00. The van der Waals surface area contributed by atoms with Crippen LogP contribution in [-0.4, -0.2) is 42.5 Å². The maximum absolute atomic E-state index is 6.08. The van der Waals surface area contributed by atoms with E-state index in [1.165, 1.54) is 19.3 Å². The molecule has 0 aromatic heterocycles. The molecular weight excluding hydrogens is 286 g/mol. The molecule has 0 aromatic carbocycles. The number of hydrogen-bond acceptors (Lipinski definition) is 3. The Morgan fingerprint density at radius 2 is 1.91 bits per heavy atom. The van der Waals surface area contributed by atoms with Crippen molar-refractivity contribution in [3.8, 4) is 0 Å². The second-order valence-electron chi connectivity index (χ2n) is 7.08. The molecule has 0 aromatic rings. The summed E-state index contributed by atoms with van der Waals surface area (Å²) in [5, 5.41) is 0. The predicted octanol–water partition coefficient (Wildman–Crippen LogP) is 4.46. The van der Waals surface area contributed by atoms with Gasteiger partial charge >= 0.3 is 0 Å². The molecule has 0 bridgehead atoms. The topological polar surface area (TPSA) is 21.7 Å². The van der Waals surface area contributed by atoms with Crippen LogP contribution in [0.3, 0.4) is 0 Å². The van der Waals surface area contributed by atoms with Crippen LogP contribution in [0, 0.1) is 0 Å². The van der Waals surface area contributed by atoms with Gasteiger partial charge in [-0.3, -0.25) is 4.90 Å². The molecule has 0 spiro atoms. The summed E-state index contributed by atoms with van der Waals surface area (Å²) >= 11 is 0. The number of allylic oxidation sites excluding steroid dienone is 5. The van der Waals surface area contributed by atoms with Crippen LogP contribution in [-0.2, 0) is 9.47 Å². The molecule has 0 amide bonds. The molecule has 2 heterocycles. The molecule has 0 radical (unpaired) electrons. The normalized spacial score (nSPS) is 32.1. The zero-order valence-corrected chi connectivity index (χ0v) is 15.2. The molecule has 3 atom stereocenters. The van der Waals surface area contributed by atoms with Gasteiger partial charge in [0.25, 0.3) is 0 Å². The number of nitrogens with zero attached hydrogens (tertiary/aromatic N) is 1. The first-order valence-corrected chi connectivity index (χ1v) is 9.07. The van der Waals surface area contributed by atoms with E-state index < -0.39 is 5.79 Å². The third kappa shape index (κ3) is 5.59. The molecule has 2 saturated heterocycles. The first kappa shape index (κ1) is 18.4. The smallest absolute Gasteiger partial charge is 0.163 e. The molecule has 2 fully saturated rings. The van der Waals surface area contributed by atoms with E-state index in [0.717, 1.165) is 19.4 Å². The van der Waals surface area contributed by atoms with E-state index >= 15 is 0 Å². The van der Waals surface area contributed by atoms with Gasteiger partial charge < -0.3 is 9.47 Å². The van der Waals surface area contributed by atoms with Gasteiger partial charge in [-0.1, -0.05) is 56.2 Å². The number of piperidine rings is 1. The molecular formula is C20H33NO2. The lowest BCUT2D eigenvalue weighted by molar-refractivity contribution is -0.301. The Hall–Kier alpha value is -0.900. The summed E-state index contributed by atoms with van der Waals surface area (Å²) in [4.78, 5) is 2.41. The highest BCUT2D eigenvalue weighted by molar-refractivity contribution is 5.14. The molecule has 130 valence electrons. The van der Waals surface area contributed by atoms with Gasteiger partial charge in [0.05, 0.1) is 18.8 Å². The van der Waals surface area contributed by atoms with Crippen LogP contribution in [0.15, 0.2) is 36.5 Å². The van der Waals surface area contributed by atoms with Crippen molar-refractivity contribution in [1.82, 2.24) is 4.90 Å². The van der Waals surface area contributed by atoms with E-state index in [-0.39, 0.29) is 0 Å². The Labute approximate surface area is 142 Å². The van der Waals surface area contributed by atoms with Crippen LogP contribution < -0.4 is 0 Å². The van der Waals surface area contributed by atoms with E-state index in [9.17, 15) is 0 Å². The zero-order valence-electron chi connectivity index (χ0n) is 15.2. The first-order chi connectivity index (χ1) is 11.0. The van der Waals surface area contributed by atoms with Crippen molar-refractivity contribution in [1.29, 1.82) is 0 Å². The van der Waals surface area contributed by atoms with Gasteiger partial charge in [-0.2, -0.15) is 0 Å². The van der Waals surface area contributed by atoms with Crippen molar-refractivity contribution in [3.63, 3.8) is 0 Å². The fraction of sp³-hybridized carbons (Fsp3) is 0.700. The van der Waals surface area contributed by atoms with Crippen LogP contribution >= 0.6 is 0 Å². The summed E-state index contributed by atoms with van der Waals surface area (Å²) in [6, 6.07) is 0.836. The summed E-state index contributed by atoms with van der Waals surface area (Å²) in [5.41, 5.74) is 0. The lowest BCUT2D eigenvalue weighted by Crippen LogP contribution is -2.59. The maximum atomic E-state index is 6.08. The average Bonchev–Trinajstić information content (AvgIpc) is 2.51. The fourth-order valence-corrected chi connectivity index (χ4v) is 3.34. The van der Waals surface area contributed by atoms with Crippen molar-refractivity contribution >= 4 is 0 Å². The fourth-order valence-electron chi connectivity index (χ4n) is 3.34. The molecule has 3 nitrogen and oxygen atoms in total. The first-order valence-electron chi connectivity index (χ1n) is 9.07. The molecule has 2 aliphatic rings. The van der Waals surface area contributed by atoms with Crippen LogP contribution in [0.5, 0.6) is 0 Å². The molecule has 2 aliphatic heterocycles. The molecule has 3 heteroatoms. The standard InChI is InChI=1S/C20H33NO2/c1-5-6-7-8-9-10-11-12-13-17-14-15-19-18(21(17)4)16-22-20(2,3)23-19/h8-13,17-19H,5-7,14-16H2,1-4H3/b9-8+,11-10+,13-12+/t17-,18+,19-/m1/s1. The van der Waals surface area contributed by atoms with E-state index in [4.69, 9.17) is 9.47 Å². The Morgan fingerprint density at radius 1 is 1.13 bits per heavy atom. The monoisotopic (exact) mass is 319 g/mol. The SMILES string of the molecule is CCCC/C=C/C=C/C=C/[C@@H]1CC[C@H]2OC(C)(C)OC[C@@H]2N1C. The van der Waals surface area contributed by atoms with Crippen molar-refractivity contribution in [2.75, 3.05) is 13.7 Å². The average molecular weight is 319 g/mol. The van der Waals surface area contributed by atoms with Crippen molar-refractivity contribution in [2.45, 2.75) is 76.9 Å². The highest BCUT2D eigenvalue weighted by Crippen LogP contribution is 2.33. The molecule has 23 heavy (non-hydrogen) atoms. The van der Waals surface area contributed by atoms with Crippen LogP contribution in [0.2, 0.25) is 0 Å². The summed E-state index contributed by atoms with van der Waals surface area (Å²) in [5.74, 6) is -0.433. The molecule has 2 rings (SSSR count). The number of likely N-dealkylation sites (N-methyl/N-ethyl adjacent to an activating group) is 1. The highest BCUT2D eigenvalue weighted by Gasteiger charge is 2.42. The quantitative estimate of drug-likeness (QED) is 0.533. The van der Waals surface area contributed by atoms with Gasteiger partial charge in [0, 0.05) is 6.04 Å². The summed E-state index contributed by atoms with van der Waals surface area (Å²) < 4.78 is 11.9.